The summed E-state index contributed by atoms with van der Waals surface area (Å²) in [5, 5.41) is 10.1. The molecule has 0 saturated heterocycles. The van der Waals surface area contributed by atoms with Crippen LogP contribution >= 0.6 is 0 Å². The number of hydrogen-bond donors (Lipinski definition) is 2. The maximum atomic E-state index is 14.8. The van der Waals surface area contributed by atoms with E-state index in [4.69, 9.17) is 4.42 Å². The Balaban J connectivity index is 2.10. The summed E-state index contributed by atoms with van der Waals surface area (Å²) >= 11 is 0. The van der Waals surface area contributed by atoms with Crippen molar-refractivity contribution in [1.82, 2.24) is 0 Å². The SMILES string of the molecule is Oc1ccc(-c2c3cc(F)c(=NCC(F)(F)F)cc-3oc3cc(NCC(F)(F)F)c(F)cc23)c(C(F)(F)F)c1. The predicted molar refractivity (Wildman–Crippen MR) is 116 cm³/mol. The van der Waals surface area contributed by atoms with Crippen LogP contribution in [-0.4, -0.2) is 30.5 Å². The average molecular weight is 570 g/mol. The van der Waals surface area contributed by atoms with Crippen LogP contribution in [0.25, 0.3) is 33.4 Å². The molecule has 4 nitrogen and oxygen atoms in total. The van der Waals surface area contributed by atoms with Gasteiger partial charge in [-0.05, 0) is 29.8 Å². The van der Waals surface area contributed by atoms with Gasteiger partial charge in [-0.2, -0.15) is 39.5 Å². The maximum absolute atomic E-state index is 14.8. The van der Waals surface area contributed by atoms with Crippen LogP contribution in [0, 0.1) is 11.6 Å². The van der Waals surface area contributed by atoms with E-state index in [0.717, 1.165) is 12.1 Å². The second-order valence-electron chi connectivity index (χ2n) is 8.23. The van der Waals surface area contributed by atoms with Crippen molar-refractivity contribution in [1.29, 1.82) is 0 Å². The number of phenolic OH excluding ortho intramolecular Hbond substituents is 1. The Morgan fingerprint density at radius 1 is 0.795 bits per heavy atom. The summed E-state index contributed by atoms with van der Waals surface area (Å²) in [7, 11) is 0. The quantitative estimate of drug-likeness (QED) is 0.196. The Hall–Kier alpha value is -4.04. The molecule has 15 heteroatoms. The van der Waals surface area contributed by atoms with Gasteiger partial charge in [-0.1, -0.05) is 6.07 Å². The summed E-state index contributed by atoms with van der Waals surface area (Å²) in [6.07, 6.45) is -14.7. The molecule has 0 spiro atoms. The van der Waals surface area contributed by atoms with Gasteiger partial charge in [-0.3, -0.25) is 4.99 Å². The van der Waals surface area contributed by atoms with E-state index < -0.39 is 99.0 Å². The zero-order valence-corrected chi connectivity index (χ0v) is 18.9. The number of nitrogens with one attached hydrogen (secondary N) is 1. The lowest BCUT2D eigenvalue weighted by molar-refractivity contribution is -0.137. The molecule has 1 aliphatic carbocycles. The van der Waals surface area contributed by atoms with Crippen LogP contribution in [0.2, 0.25) is 0 Å². The fourth-order valence-electron chi connectivity index (χ4n) is 3.82. The van der Waals surface area contributed by atoms with Crippen LogP contribution in [-0.2, 0) is 6.18 Å². The minimum Gasteiger partial charge on any atom is -0.508 e. The third kappa shape index (κ3) is 6.17. The molecule has 1 heterocycles. The molecular weight excluding hydrogens is 557 g/mol. The summed E-state index contributed by atoms with van der Waals surface area (Å²) in [4.78, 5) is 3.10. The van der Waals surface area contributed by atoms with Gasteiger partial charge in [0.05, 0.1) is 16.6 Å². The largest absolute Gasteiger partial charge is 0.508 e. The van der Waals surface area contributed by atoms with Gasteiger partial charge < -0.3 is 14.8 Å². The van der Waals surface area contributed by atoms with Gasteiger partial charge in [0, 0.05) is 28.6 Å². The number of nitrogens with zero attached hydrogens (tertiary/aromatic N) is 1. The molecule has 0 aromatic heterocycles. The fourth-order valence-corrected chi connectivity index (χ4v) is 3.82. The molecule has 0 radical (unpaired) electrons. The number of alkyl halides is 9. The van der Waals surface area contributed by atoms with Gasteiger partial charge in [0.1, 0.15) is 41.8 Å². The van der Waals surface area contributed by atoms with Crippen LogP contribution in [0.4, 0.5) is 54.0 Å². The molecule has 0 bridgehead atoms. The van der Waals surface area contributed by atoms with E-state index in [1.54, 1.807) is 5.32 Å². The Labute approximate surface area is 210 Å². The minimum atomic E-state index is -5.10. The van der Waals surface area contributed by atoms with Gasteiger partial charge in [-0.15, -0.1) is 0 Å². The van der Waals surface area contributed by atoms with Gasteiger partial charge in [-0.25, -0.2) is 8.78 Å². The molecule has 1 aliphatic heterocycles. The van der Waals surface area contributed by atoms with E-state index in [0.29, 0.717) is 30.3 Å². The number of fused-ring (bicyclic) bond motifs is 2. The summed E-state index contributed by atoms with van der Waals surface area (Å²) in [5.74, 6) is -4.01. The first kappa shape index (κ1) is 28.0. The number of hydrogen-bond acceptors (Lipinski definition) is 4. The van der Waals surface area contributed by atoms with Crippen LogP contribution in [0.1, 0.15) is 5.56 Å². The zero-order valence-electron chi connectivity index (χ0n) is 18.9. The third-order valence-electron chi connectivity index (χ3n) is 5.36. The summed E-state index contributed by atoms with van der Waals surface area (Å²) in [6.45, 7) is -3.49. The van der Waals surface area contributed by atoms with E-state index in [-0.39, 0.29) is 0 Å². The van der Waals surface area contributed by atoms with Crippen LogP contribution in [0.5, 0.6) is 5.75 Å². The summed E-state index contributed by atoms with van der Waals surface area (Å²) in [5.41, 5.74) is -4.35. The first-order valence-electron chi connectivity index (χ1n) is 10.6. The topological polar surface area (TPSA) is 57.8 Å². The van der Waals surface area contributed by atoms with Crippen LogP contribution in [0.3, 0.4) is 0 Å². The predicted octanol–water partition coefficient (Wildman–Crippen LogP) is 7.64. The van der Waals surface area contributed by atoms with Crippen molar-refractivity contribution < 1.29 is 57.8 Å². The van der Waals surface area contributed by atoms with E-state index in [1.165, 1.54) is 0 Å². The summed E-state index contributed by atoms with van der Waals surface area (Å²) in [6, 6.07) is 4.48. The van der Waals surface area contributed by atoms with Gasteiger partial charge in [0.25, 0.3) is 0 Å². The molecule has 0 atom stereocenters. The third-order valence-corrected chi connectivity index (χ3v) is 5.36. The molecule has 2 aliphatic rings. The van der Waals surface area contributed by atoms with Gasteiger partial charge in [0.15, 0.2) is 0 Å². The first-order chi connectivity index (χ1) is 17.9. The molecule has 208 valence electrons. The van der Waals surface area contributed by atoms with E-state index >= 15 is 0 Å². The lowest BCUT2D eigenvalue weighted by Crippen LogP contribution is -2.21. The van der Waals surface area contributed by atoms with Gasteiger partial charge >= 0.3 is 18.5 Å². The number of rotatable bonds is 4. The number of halogens is 11. The van der Waals surface area contributed by atoms with Crippen LogP contribution in [0.15, 0.2) is 51.9 Å². The Morgan fingerprint density at radius 3 is 2.10 bits per heavy atom. The molecular formula is C24H13F11N2O2. The lowest BCUT2D eigenvalue weighted by Gasteiger charge is -2.20. The molecule has 0 amide bonds. The fraction of sp³-hybridized carbons (Fsp3) is 0.208. The molecule has 4 rings (SSSR count). The van der Waals surface area contributed by atoms with Crippen molar-refractivity contribution in [2.24, 2.45) is 4.99 Å². The number of anilines is 1. The maximum Gasteiger partial charge on any atom is 0.417 e. The Morgan fingerprint density at radius 2 is 1.49 bits per heavy atom. The Kier molecular flexibility index (Phi) is 6.89. The molecule has 2 aromatic rings. The van der Waals surface area contributed by atoms with Gasteiger partial charge in [0.2, 0.25) is 0 Å². The van der Waals surface area contributed by atoms with Crippen molar-refractivity contribution in [3.8, 4) is 28.2 Å². The molecule has 0 unspecified atom stereocenters. The molecule has 0 saturated carbocycles. The number of aromatic hydroxyl groups is 1. The number of phenols is 1. The first-order valence-corrected chi connectivity index (χ1v) is 10.6. The highest BCUT2D eigenvalue weighted by atomic mass is 19.4. The molecule has 39 heavy (non-hydrogen) atoms. The van der Waals surface area contributed by atoms with Crippen molar-refractivity contribution >= 4 is 16.7 Å². The minimum absolute atomic E-state index is 0.343. The summed E-state index contributed by atoms with van der Waals surface area (Å²) < 4.78 is 153. The highest BCUT2D eigenvalue weighted by Crippen LogP contribution is 2.46. The second kappa shape index (κ2) is 9.61. The zero-order chi connectivity index (χ0) is 28.9. The van der Waals surface area contributed by atoms with E-state index in [2.05, 4.69) is 4.99 Å². The van der Waals surface area contributed by atoms with Crippen molar-refractivity contribution in [2.75, 3.05) is 18.4 Å². The van der Waals surface area contributed by atoms with Crippen molar-refractivity contribution in [3.05, 3.63) is 65.0 Å². The van der Waals surface area contributed by atoms with E-state index in [1.807, 2.05) is 0 Å². The molecule has 2 aromatic carbocycles. The molecule has 2 N–H and O–H groups in total. The molecule has 0 fully saturated rings. The number of benzene rings is 3. The standard InChI is InChI=1S/C24H13F11N2O2/c25-15-4-12-19(6-17(15)36-8-22(27,28)29)39-20-7-18(37-9-23(30,31)32)16(26)5-13(20)21(12)11-2-1-10(38)3-14(11)24(33,34)35/h1-7,36,38H,8-9H2. The highest BCUT2D eigenvalue weighted by molar-refractivity contribution is 6.03. The van der Waals surface area contributed by atoms with Crippen LogP contribution < -0.4 is 10.7 Å². The average Bonchev–Trinajstić information content (AvgIpc) is 2.79. The highest BCUT2D eigenvalue weighted by Gasteiger charge is 2.36. The van der Waals surface area contributed by atoms with Crippen molar-refractivity contribution in [2.45, 2.75) is 18.5 Å². The lowest BCUT2D eigenvalue weighted by atomic mass is 9.90. The smallest absolute Gasteiger partial charge is 0.417 e. The Bertz CT molecular complexity index is 1590. The van der Waals surface area contributed by atoms with E-state index in [9.17, 15) is 53.4 Å². The normalized spacial score (nSPS) is 13.5. The second-order valence-corrected chi connectivity index (χ2v) is 8.23. The monoisotopic (exact) mass is 570 g/mol. The van der Waals surface area contributed by atoms with Crippen molar-refractivity contribution in [3.63, 3.8) is 0 Å².